The Morgan fingerprint density at radius 1 is 1.35 bits per heavy atom. The molecule has 1 aromatic carbocycles. The average Bonchev–Trinajstić information content (AvgIpc) is 2.71. The first-order valence-corrected chi connectivity index (χ1v) is 6.41. The summed E-state index contributed by atoms with van der Waals surface area (Å²) < 4.78 is 0. The van der Waals surface area contributed by atoms with Gasteiger partial charge in [0.15, 0.2) is 0 Å². The van der Waals surface area contributed by atoms with E-state index in [4.69, 9.17) is 17.1 Å². The second-order valence-corrected chi connectivity index (χ2v) is 5.25. The third-order valence-electron chi connectivity index (χ3n) is 2.50. The Bertz CT molecular complexity index is 533. The number of nitrogens with one attached hydrogen (secondary N) is 1. The molecule has 2 aromatic rings. The van der Waals surface area contributed by atoms with Gasteiger partial charge in [-0.1, -0.05) is 23.7 Å². The predicted molar refractivity (Wildman–Crippen MR) is 70.9 cm³/mol. The Labute approximate surface area is 109 Å². The highest BCUT2D eigenvalue weighted by molar-refractivity contribution is 7.15. The van der Waals surface area contributed by atoms with E-state index < -0.39 is 0 Å². The fraction of sp³-hybridized carbons (Fsp3) is 0.250. The van der Waals surface area contributed by atoms with Gasteiger partial charge in [-0.15, -0.1) is 11.3 Å². The lowest BCUT2D eigenvalue weighted by molar-refractivity contribution is 0.740. The largest absolute Gasteiger partial charge is 0.241 e. The standard InChI is InChI=1S/C12H12ClN3S/c1-7-11(8(2)16-14)17-12(15-7)9-3-5-10(13)6-4-9/h3-6,8,14H,1-2H3. The minimum absolute atomic E-state index is 0.117. The number of hydrogen-bond donors (Lipinski definition) is 1. The van der Waals surface area contributed by atoms with Gasteiger partial charge in [0, 0.05) is 10.6 Å². The third-order valence-corrected chi connectivity index (χ3v) is 4.13. The topological polar surface area (TPSA) is 49.1 Å². The zero-order valence-electron chi connectivity index (χ0n) is 9.57. The zero-order chi connectivity index (χ0) is 12.4. The van der Waals surface area contributed by atoms with Gasteiger partial charge < -0.3 is 0 Å². The number of thiazole rings is 1. The minimum atomic E-state index is -0.117. The molecule has 1 unspecified atom stereocenters. The van der Waals surface area contributed by atoms with Crippen LogP contribution in [0.4, 0.5) is 0 Å². The van der Waals surface area contributed by atoms with Crippen molar-refractivity contribution < 1.29 is 0 Å². The molecule has 1 aromatic heterocycles. The van der Waals surface area contributed by atoms with Gasteiger partial charge in [0.1, 0.15) is 11.0 Å². The predicted octanol–water partition coefficient (Wildman–Crippen LogP) is 4.86. The van der Waals surface area contributed by atoms with Gasteiger partial charge in [-0.2, -0.15) is 5.11 Å². The molecule has 3 nitrogen and oxygen atoms in total. The van der Waals surface area contributed by atoms with Gasteiger partial charge in [-0.25, -0.2) is 10.5 Å². The lowest BCUT2D eigenvalue weighted by atomic mass is 10.2. The maximum absolute atomic E-state index is 7.07. The van der Waals surface area contributed by atoms with Gasteiger partial charge in [0.2, 0.25) is 0 Å². The SMILES string of the molecule is Cc1nc(-c2ccc(Cl)cc2)sc1C(C)N=N. The fourth-order valence-corrected chi connectivity index (χ4v) is 2.76. The summed E-state index contributed by atoms with van der Waals surface area (Å²) in [5.41, 5.74) is 9.07. The van der Waals surface area contributed by atoms with Crippen LogP contribution in [0.25, 0.3) is 10.6 Å². The molecule has 0 fully saturated rings. The summed E-state index contributed by atoms with van der Waals surface area (Å²) in [4.78, 5) is 5.56. The zero-order valence-corrected chi connectivity index (χ0v) is 11.1. The number of halogens is 1. The van der Waals surface area contributed by atoms with Crippen molar-refractivity contribution in [3.8, 4) is 10.6 Å². The van der Waals surface area contributed by atoms with Crippen LogP contribution in [0.1, 0.15) is 23.5 Å². The summed E-state index contributed by atoms with van der Waals surface area (Å²) in [6.07, 6.45) is 0. The molecule has 0 aliphatic carbocycles. The van der Waals surface area contributed by atoms with E-state index in [1.807, 2.05) is 38.1 Å². The molecule has 0 saturated carbocycles. The molecule has 88 valence electrons. The molecule has 0 aliphatic rings. The third kappa shape index (κ3) is 2.53. The molecule has 0 spiro atoms. The van der Waals surface area contributed by atoms with Crippen molar-refractivity contribution in [3.63, 3.8) is 0 Å². The first-order valence-electron chi connectivity index (χ1n) is 5.21. The highest BCUT2D eigenvalue weighted by Crippen LogP contribution is 2.33. The molecule has 17 heavy (non-hydrogen) atoms. The quantitative estimate of drug-likeness (QED) is 0.791. The van der Waals surface area contributed by atoms with E-state index >= 15 is 0 Å². The molecule has 1 atom stereocenters. The Kier molecular flexibility index (Phi) is 3.54. The number of benzene rings is 1. The van der Waals surface area contributed by atoms with Crippen molar-refractivity contribution in [3.05, 3.63) is 39.9 Å². The number of hydrogen-bond acceptors (Lipinski definition) is 4. The molecular weight excluding hydrogens is 254 g/mol. The van der Waals surface area contributed by atoms with Crippen molar-refractivity contribution in [1.29, 1.82) is 5.53 Å². The molecular formula is C12H12ClN3S. The summed E-state index contributed by atoms with van der Waals surface area (Å²) in [5, 5.41) is 5.21. The smallest absolute Gasteiger partial charge is 0.123 e. The summed E-state index contributed by atoms with van der Waals surface area (Å²) >= 11 is 7.43. The lowest BCUT2D eigenvalue weighted by Gasteiger charge is -1.99. The molecule has 1 N–H and O–H groups in total. The summed E-state index contributed by atoms with van der Waals surface area (Å²) in [6, 6.07) is 7.49. The van der Waals surface area contributed by atoms with Crippen LogP contribution >= 0.6 is 22.9 Å². The van der Waals surface area contributed by atoms with Crippen LogP contribution in [0.3, 0.4) is 0 Å². The maximum Gasteiger partial charge on any atom is 0.123 e. The Balaban J connectivity index is 2.40. The molecule has 5 heteroatoms. The fourth-order valence-electron chi connectivity index (χ4n) is 1.57. The van der Waals surface area contributed by atoms with E-state index in [9.17, 15) is 0 Å². The lowest BCUT2D eigenvalue weighted by Crippen LogP contribution is -1.86. The Morgan fingerprint density at radius 2 is 2.00 bits per heavy atom. The van der Waals surface area contributed by atoms with Gasteiger partial charge >= 0.3 is 0 Å². The maximum atomic E-state index is 7.07. The van der Waals surface area contributed by atoms with Crippen LogP contribution in [0.2, 0.25) is 5.02 Å². The molecule has 1 heterocycles. The number of rotatable bonds is 3. The summed E-state index contributed by atoms with van der Waals surface area (Å²) in [6.45, 7) is 3.85. The highest BCUT2D eigenvalue weighted by atomic mass is 35.5. The minimum Gasteiger partial charge on any atom is -0.241 e. The van der Waals surface area contributed by atoms with E-state index in [0.717, 1.165) is 26.2 Å². The van der Waals surface area contributed by atoms with E-state index in [2.05, 4.69) is 10.1 Å². The van der Waals surface area contributed by atoms with Gasteiger partial charge in [0.25, 0.3) is 0 Å². The van der Waals surface area contributed by atoms with Crippen molar-refractivity contribution in [1.82, 2.24) is 4.98 Å². The van der Waals surface area contributed by atoms with E-state index in [0.29, 0.717) is 0 Å². The first-order chi connectivity index (χ1) is 8.11. The van der Waals surface area contributed by atoms with Crippen LogP contribution < -0.4 is 0 Å². The summed E-state index contributed by atoms with van der Waals surface area (Å²) in [5.74, 6) is 0. The first kappa shape index (κ1) is 12.2. The Morgan fingerprint density at radius 3 is 2.59 bits per heavy atom. The van der Waals surface area contributed by atoms with Crippen molar-refractivity contribution in [2.45, 2.75) is 19.9 Å². The van der Waals surface area contributed by atoms with Crippen molar-refractivity contribution in [2.24, 2.45) is 5.11 Å². The van der Waals surface area contributed by atoms with E-state index in [1.54, 1.807) is 11.3 Å². The van der Waals surface area contributed by atoms with Crippen molar-refractivity contribution >= 4 is 22.9 Å². The van der Waals surface area contributed by atoms with Gasteiger partial charge in [-0.05, 0) is 26.0 Å². The van der Waals surface area contributed by atoms with Crippen LogP contribution in [0.5, 0.6) is 0 Å². The second kappa shape index (κ2) is 4.94. The van der Waals surface area contributed by atoms with Crippen LogP contribution in [-0.4, -0.2) is 4.98 Å². The Hall–Kier alpha value is -1.26. The number of nitrogens with zero attached hydrogens (tertiary/aromatic N) is 2. The van der Waals surface area contributed by atoms with E-state index in [-0.39, 0.29) is 6.04 Å². The van der Waals surface area contributed by atoms with Crippen LogP contribution in [0, 0.1) is 12.5 Å². The van der Waals surface area contributed by atoms with E-state index in [1.165, 1.54) is 0 Å². The van der Waals surface area contributed by atoms with Crippen molar-refractivity contribution in [2.75, 3.05) is 0 Å². The summed E-state index contributed by atoms with van der Waals surface area (Å²) in [7, 11) is 0. The highest BCUT2D eigenvalue weighted by Gasteiger charge is 2.14. The average molecular weight is 266 g/mol. The molecule has 0 radical (unpaired) electrons. The molecule has 2 rings (SSSR count). The van der Waals surface area contributed by atoms with Crippen LogP contribution in [0.15, 0.2) is 29.4 Å². The number of aryl methyl sites for hydroxylation is 1. The number of aromatic nitrogens is 1. The normalized spacial score (nSPS) is 12.4. The van der Waals surface area contributed by atoms with Gasteiger partial charge in [-0.3, -0.25) is 0 Å². The monoisotopic (exact) mass is 265 g/mol. The molecule has 0 aliphatic heterocycles. The second-order valence-electron chi connectivity index (χ2n) is 3.78. The molecule has 0 bridgehead atoms. The van der Waals surface area contributed by atoms with Gasteiger partial charge in [0.05, 0.1) is 10.6 Å². The molecule has 0 amide bonds. The van der Waals surface area contributed by atoms with Crippen LogP contribution in [-0.2, 0) is 0 Å². The molecule has 0 saturated heterocycles.